The average Bonchev–Trinajstić information content (AvgIpc) is 2.66. The summed E-state index contributed by atoms with van der Waals surface area (Å²) in [7, 11) is 1.96. The normalized spacial score (nSPS) is 19.2. The van der Waals surface area contributed by atoms with Gasteiger partial charge in [0.05, 0.1) is 5.56 Å². The lowest BCUT2D eigenvalue weighted by atomic mass is 9.87. The number of rotatable bonds is 1. The number of nitrogens with zero attached hydrogens (tertiary/aromatic N) is 1. The van der Waals surface area contributed by atoms with Crippen LogP contribution in [0.1, 0.15) is 28.2 Å². The second kappa shape index (κ2) is 5.89. The predicted octanol–water partition coefficient (Wildman–Crippen LogP) is 4.03. The minimum Gasteiger partial charge on any atom is -0.508 e. The first-order valence-electron chi connectivity index (χ1n) is 7.52. The lowest BCUT2D eigenvalue weighted by Crippen LogP contribution is -2.24. The van der Waals surface area contributed by atoms with Crippen LogP contribution in [0.2, 0.25) is 0 Å². The maximum Gasteiger partial charge on any atom is 0.416 e. The third-order valence-corrected chi connectivity index (χ3v) is 4.38. The van der Waals surface area contributed by atoms with Crippen molar-refractivity contribution in [2.24, 2.45) is 0 Å². The molecule has 3 rings (SSSR count). The number of hydrogen-bond donors (Lipinski definition) is 1. The van der Waals surface area contributed by atoms with Gasteiger partial charge in [-0.15, -0.1) is 0 Å². The lowest BCUT2D eigenvalue weighted by molar-refractivity contribution is -0.137. The van der Waals surface area contributed by atoms with Crippen molar-refractivity contribution >= 4 is 0 Å². The molecule has 1 N–H and O–H groups in total. The van der Waals surface area contributed by atoms with Gasteiger partial charge in [-0.25, -0.2) is 0 Å². The summed E-state index contributed by atoms with van der Waals surface area (Å²) in [4.78, 5) is 2.11. The molecule has 0 radical (unpaired) electrons. The van der Waals surface area contributed by atoms with Gasteiger partial charge in [-0.05, 0) is 48.4 Å². The second-order valence-corrected chi connectivity index (χ2v) is 6.07. The van der Waals surface area contributed by atoms with E-state index >= 15 is 0 Å². The average molecular weight is 321 g/mol. The maximum atomic E-state index is 13.0. The monoisotopic (exact) mass is 321 g/mol. The molecule has 0 aliphatic carbocycles. The minimum absolute atomic E-state index is 0.144. The summed E-state index contributed by atoms with van der Waals surface area (Å²) >= 11 is 0. The van der Waals surface area contributed by atoms with Crippen LogP contribution in [0.3, 0.4) is 0 Å². The topological polar surface area (TPSA) is 23.5 Å². The van der Waals surface area contributed by atoms with E-state index in [9.17, 15) is 18.3 Å². The van der Waals surface area contributed by atoms with E-state index in [-0.39, 0.29) is 11.7 Å². The molecule has 0 spiro atoms. The Hall–Kier alpha value is -2.01. The third kappa shape index (κ3) is 3.34. The summed E-state index contributed by atoms with van der Waals surface area (Å²) in [5.41, 5.74) is 1.98. The molecule has 122 valence electrons. The predicted molar refractivity (Wildman–Crippen MR) is 82.6 cm³/mol. The molecule has 0 fully saturated rings. The number of fused-ring (bicyclic) bond motifs is 1. The van der Waals surface area contributed by atoms with Crippen molar-refractivity contribution in [1.82, 2.24) is 4.90 Å². The Morgan fingerprint density at radius 1 is 1.13 bits per heavy atom. The van der Waals surface area contributed by atoms with E-state index < -0.39 is 11.7 Å². The summed E-state index contributed by atoms with van der Waals surface area (Å²) in [6.45, 7) is 1.46. The van der Waals surface area contributed by atoms with Crippen LogP contribution >= 0.6 is 0 Å². The number of phenolic OH excluding ortho intramolecular Hbond substituents is 1. The van der Waals surface area contributed by atoms with E-state index in [2.05, 4.69) is 4.90 Å². The first kappa shape index (κ1) is 15.9. The van der Waals surface area contributed by atoms with Crippen LogP contribution in [0.25, 0.3) is 0 Å². The molecule has 0 amide bonds. The van der Waals surface area contributed by atoms with Gasteiger partial charge in [-0.1, -0.05) is 24.3 Å². The molecule has 1 aliphatic rings. The molecule has 2 aromatic carbocycles. The SMILES string of the molecule is CN1CCc2ccc(O)cc2C(c2cccc(C(F)(F)F)c2)C1. The molecule has 1 aliphatic heterocycles. The number of aromatic hydroxyl groups is 1. The number of halogens is 3. The van der Waals surface area contributed by atoms with Gasteiger partial charge in [0.2, 0.25) is 0 Å². The Kier molecular flexibility index (Phi) is 4.06. The molecule has 5 heteroatoms. The summed E-state index contributed by atoms with van der Waals surface area (Å²) < 4.78 is 39.0. The fourth-order valence-corrected chi connectivity index (χ4v) is 3.16. The van der Waals surface area contributed by atoms with Crippen LogP contribution in [0.15, 0.2) is 42.5 Å². The highest BCUT2D eigenvalue weighted by molar-refractivity contribution is 5.44. The summed E-state index contributed by atoms with van der Waals surface area (Å²) in [5.74, 6) is -0.0443. The zero-order chi connectivity index (χ0) is 16.6. The van der Waals surface area contributed by atoms with Gasteiger partial charge >= 0.3 is 6.18 Å². The Morgan fingerprint density at radius 2 is 1.91 bits per heavy atom. The number of phenols is 1. The highest BCUT2D eigenvalue weighted by Crippen LogP contribution is 2.36. The van der Waals surface area contributed by atoms with Crippen molar-refractivity contribution in [3.05, 3.63) is 64.7 Å². The van der Waals surface area contributed by atoms with Crippen molar-refractivity contribution < 1.29 is 18.3 Å². The van der Waals surface area contributed by atoms with Gasteiger partial charge < -0.3 is 10.0 Å². The molecule has 23 heavy (non-hydrogen) atoms. The molecule has 1 atom stereocenters. The number of hydrogen-bond acceptors (Lipinski definition) is 2. The maximum absolute atomic E-state index is 13.0. The van der Waals surface area contributed by atoms with Gasteiger partial charge in [0, 0.05) is 19.0 Å². The zero-order valence-corrected chi connectivity index (χ0v) is 12.8. The Labute approximate surface area is 133 Å². The molecule has 2 nitrogen and oxygen atoms in total. The molecular formula is C18H18F3NO. The number of likely N-dealkylation sites (N-methyl/N-ethyl adjacent to an activating group) is 1. The second-order valence-electron chi connectivity index (χ2n) is 6.07. The minimum atomic E-state index is -4.35. The Morgan fingerprint density at radius 3 is 2.65 bits per heavy atom. The number of benzene rings is 2. The van der Waals surface area contributed by atoms with E-state index in [4.69, 9.17) is 0 Å². The van der Waals surface area contributed by atoms with E-state index in [1.54, 1.807) is 18.2 Å². The summed E-state index contributed by atoms with van der Waals surface area (Å²) in [6, 6.07) is 10.7. The van der Waals surface area contributed by atoms with E-state index in [0.717, 1.165) is 30.2 Å². The van der Waals surface area contributed by atoms with Crippen molar-refractivity contribution in [3.8, 4) is 5.75 Å². The smallest absolute Gasteiger partial charge is 0.416 e. The van der Waals surface area contributed by atoms with Crippen LogP contribution in [-0.2, 0) is 12.6 Å². The van der Waals surface area contributed by atoms with Crippen molar-refractivity contribution in [1.29, 1.82) is 0 Å². The van der Waals surface area contributed by atoms with Gasteiger partial charge in [0.25, 0.3) is 0 Å². The van der Waals surface area contributed by atoms with Crippen LogP contribution < -0.4 is 0 Å². The van der Waals surface area contributed by atoms with Gasteiger partial charge in [0.1, 0.15) is 5.75 Å². The van der Waals surface area contributed by atoms with Crippen molar-refractivity contribution in [2.45, 2.75) is 18.5 Å². The van der Waals surface area contributed by atoms with Crippen LogP contribution in [-0.4, -0.2) is 30.1 Å². The fraction of sp³-hybridized carbons (Fsp3) is 0.333. The van der Waals surface area contributed by atoms with Crippen molar-refractivity contribution in [3.63, 3.8) is 0 Å². The van der Waals surface area contributed by atoms with Crippen LogP contribution in [0.4, 0.5) is 13.2 Å². The quantitative estimate of drug-likeness (QED) is 0.857. The standard InChI is InChI=1S/C18H18F3NO/c1-22-8-7-12-5-6-15(23)10-16(12)17(11-22)13-3-2-4-14(9-13)18(19,20)21/h2-6,9-10,17,23H,7-8,11H2,1H3. The first-order chi connectivity index (χ1) is 10.8. The third-order valence-electron chi connectivity index (χ3n) is 4.38. The molecule has 0 saturated heterocycles. The molecule has 2 aromatic rings. The number of alkyl halides is 3. The highest BCUT2D eigenvalue weighted by atomic mass is 19.4. The van der Waals surface area contributed by atoms with Gasteiger partial charge in [-0.2, -0.15) is 13.2 Å². The summed E-state index contributed by atoms with van der Waals surface area (Å²) in [5, 5.41) is 9.80. The Balaban J connectivity index is 2.09. The molecule has 1 heterocycles. The van der Waals surface area contributed by atoms with Crippen LogP contribution in [0.5, 0.6) is 5.75 Å². The van der Waals surface area contributed by atoms with Crippen LogP contribution in [0, 0.1) is 0 Å². The van der Waals surface area contributed by atoms with Gasteiger partial charge in [-0.3, -0.25) is 0 Å². The fourth-order valence-electron chi connectivity index (χ4n) is 3.16. The Bertz CT molecular complexity index is 712. The highest BCUT2D eigenvalue weighted by Gasteiger charge is 2.32. The lowest BCUT2D eigenvalue weighted by Gasteiger charge is -2.23. The van der Waals surface area contributed by atoms with Gasteiger partial charge in [0.15, 0.2) is 0 Å². The molecule has 0 saturated carbocycles. The molecule has 0 aromatic heterocycles. The summed E-state index contributed by atoms with van der Waals surface area (Å²) in [6.07, 6.45) is -3.53. The molecule has 1 unspecified atom stereocenters. The zero-order valence-electron chi connectivity index (χ0n) is 12.8. The van der Waals surface area contributed by atoms with Crippen molar-refractivity contribution in [2.75, 3.05) is 20.1 Å². The molecular weight excluding hydrogens is 303 g/mol. The van der Waals surface area contributed by atoms with E-state index in [0.29, 0.717) is 12.1 Å². The molecule has 0 bridgehead atoms. The van der Waals surface area contributed by atoms with E-state index in [1.807, 2.05) is 13.1 Å². The largest absolute Gasteiger partial charge is 0.508 e. The van der Waals surface area contributed by atoms with E-state index in [1.165, 1.54) is 12.1 Å². The first-order valence-corrected chi connectivity index (χ1v) is 7.52.